The lowest BCUT2D eigenvalue weighted by Gasteiger charge is -2.09. The first-order valence-electron chi connectivity index (χ1n) is 6.92. The van der Waals surface area contributed by atoms with E-state index in [4.69, 9.17) is 9.47 Å². The summed E-state index contributed by atoms with van der Waals surface area (Å²) in [4.78, 5) is 11.6. The van der Waals surface area contributed by atoms with Crippen LogP contribution in [0.25, 0.3) is 0 Å². The van der Waals surface area contributed by atoms with E-state index >= 15 is 0 Å². The van der Waals surface area contributed by atoms with Crippen LogP contribution in [-0.4, -0.2) is 19.8 Å². The molecule has 0 heterocycles. The highest BCUT2D eigenvalue weighted by Gasteiger charge is 2.07. The minimum absolute atomic E-state index is 0.306. The van der Waals surface area contributed by atoms with Gasteiger partial charge in [-0.05, 0) is 31.2 Å². The van der Waals surface area contributed by atoms with E-state index in [9.17, 15) is 4.79 Å². The second kappa shape index (κ2) is 7.75. The van der Waals surface area contributed by atoms with Gasteiger partial charge in [0.1, 0.15) is 5.75 Å². The lowest BCUT2D eigenvalue weighted by molar-refractivity contribution is 0.168. The number of methoxy groups -OCH3 is 1. The number of ether oxygens (including phenoxy) is 2. The molecule has 112 valence electrons. The fourth-order valence-corrected chi connectivity index (χ4v) is 1.80. The fourth-order valence-electron chi connectivity index (χ4n) is 1.80. The molecular weight excluding hydrogens is 278 g/mol. The Morgan fingerprint density at radius 1 is 1.14 bits per heavy atom. The van der Waals surface area contributed by atoms with Gasteiger partial charge in [0, 0.05) is 17.2 Å². The highest BCUT2D eigenvalue weighted by atomic mass is 16.5. The van der Waals surface area contributed by atoms with Crippen molar-refractivity contribution in [1.29, 1.82) is 0 Å². The Kier molecular flexibility index (Phi) is 5.44. The van der Waals surface area contributed by atoms with Crippen LogP contribution in [0.4, 0.5) is 10.5 Å². The molecule has 0 radical (unpaired) electrons. The smallest absolute Gasteiger partial charge is 0.411 e. The second-order valence-corrected chi connectivity index (χ2v) is 4.37. The SMILES string of the molecule is CCOC(=O)Nc1cc(OC)ccc1C#Cc1ccccc1. The molecule has 4 nitrogen and oxygen atoms in total. The maximum absolute atomic E-state index is 11.6. The quantitative estimate of drug-likeness (QED) is 0.879. The molecule has 0 aliphatic heterocycles. The van der Waals surface area contributed by atoms with Crippen molar-refractivity contribution in [2.24, 2.45) is 0 Å². The third kappa shape index (κ3) is 4.29. The van der Waals surface area contributed by atoms with Crippen LogP contribution in [0.5, 0.6) is 5.75 Å². The molecule has 0 aliphatic rings. The van der Waals surface area contributed by atoms with Gasteiger partial charge in [0.05, 0.1) is 19.4 Å². The molecule has 2 aromatic rings. The van der Waals surface area contributed by atoms with Crippen molar-refractivity contribution in [2.45, 2.75) is 6.92 Å². The third-order valence-corrected chi connectivity index (χ3v) is 2.85. The second-order valence-electron chi connectivity index (χ2n) is 4.37. The van der Waals surface area contributed by atoms with Gasteiger partial charge in [-0.2, -0.15) is 0 Å². The summed E-state index contributed by atoms with van der Waals surface area (Å²) in [5.74, 6) is 6.75. The Morgan fingerprint density at radius 2 is 1.91 bits per heavy atom. The van der Waals surface area contributed by atoms with E-state index in [0.29, 0.717) is 23.6 Å². The van der Waals surface area contributed by atoms with E-state index in [1.165, 1.54) is 0 Å². The molecule has 4 heteroatoms. The van der Waals surface area contributed by atoms with E-state index in [2.05, 4.69) is 17.2 Å². The van der Waals surface area contributed by atoms with E-state index in [1.54, 1.807) is 32.2 Å². The van der Waals surface area contributed by atoms with Crippen LogP contribution in [0.1, 0.15) is 18.1 Å². The number of rotatable bonds is 3. The summed E-state index contributed by atoms with van der Waals surface area (Å²) in [7, 11) is 1.57. The monoisotopic (exact) mass is 295 g/mol. The zero-order chi connectivity index (χ0) is 15.8. The molecule has 0 aromatic heterocycles. The van der Waals surface area contributed by atoms with Gasteiger partial charge in [0.15, 0.2) is 0 Å². The summed E-state index contributed by atoms with van der Waals surface area (Å²) in [6.07, 6.45) is -0.515. The Balaban J connectivity index is 2.30. The molecule has 0 spiro atoms. The maximum atomic E-state index is 11.6. The van der Waals surface area contributed by atoms with Gasteiger partial charge in [-0.15, -0.1) is 0 Å². The number of hydrogen-bond donors (Lipinski definition) is 1. The van der Waals surface area contributed by atoms with E-state index < -0.39 is 6.09 Å². The van der Waals surface area contributed by atoms with Crippen LogP contribution >= 0.6 is 0 Å². The minimum Gasteiger partial charge on any atom is -0.497 e. The predicted octanol–water partition coefficient (Wildman–Crippen LogP) is 3.66. The fraction of sp³-hybridized carbons (Fsp3) is 0.167. The molecular formula is C18H17NO3. The van der Waals surface area contributed by atoms with Crippen LogP contribution < -0.4 is 10.1 Å². The predicted molar refractivity (Wildman–Crippen MR) is 86.1 cm³/mol. The van der Waals surface area contributed by atoms with Crippen molar-refractivity contribution in [3.8, 4) is 17.6 Å². The zero-order valence-electron chi connectivity index (χ0n) is 12.6. The number of hydrogen-bond acceptors (Lipinski definition) is 3. The van der Waals surface area contributed by atoms with Crippen molar-refractivity contribution in [3.05, 3.63) is 59.7 Å². The van der Waals surface area contributed by atoms with Gasteiger partial charge < -0.3 is 9.47 Å². The van der Waals surface area contributed by atoms with Crippen LogP contribution in [-0.2, 0) is 4.74 Å². The Hall–Kier alpha value is -2.93. The summed E-state index contributed by atoms with van der Waals surface area (Å²) in [6, 6.07) is 15.0. The van der Waals surface area contributed by atoms with E-state index in [0.717, 1.165) is 5.56 Å². The van der Waals surface area contributed by atoms with Crippen LogP contribution in [0.3, 0.4) is 0 Å². The number of carbonyl (C=O) groups is 1. The van der Waals surface area contributed by atoms with Crippen molar-refractivity contribution < 1.29 is 14.3 Å². The molecule has 0 atom stereocenters. The summed E-state index contributed by atoms with van der Waals surface area (Å²) < 4.78 is 10.1. The first-order valence-corrected chi connectivity index (χ1v) is 6.92. The van der Waals surface area contributed by atoms with Gasteiger partial charge in [0.25, 0.3) is 0 Å². The van der Waals surface area contributed by atoms with Crippen LogP contribution in [0.2, 0.25) is 0 Å². The number of anilines is 1. The summed E-state index contributed by atoms with van der Waals surface area (Å²) in [5.41, 5.74) is 2.15. The number of carbonyl (C=O) groups excluding carboxylic acids is 1. The largest absolute Gasteiger partial charge is 0.497 e. The standard InChI is InChI=1S/C18H17NO3/c1-3-22-18(20)19-17-13-16(21-2)12-11-15(17)10-9-14-7-5-4-6-8-14/h4-8,11-13H,3H2,1-2H3,(H,19,20). The number of benzene rings is 2. The molecule has 0 saturated carbocycles. The Morgan fingerprint density at radius 3 is 2.59 bits per heavy atom. The average molecular weight is 295 g/mol. The van der Waals surface area contributed by atoms with Gasteiger partial charge in [-0.25, -0.2) is 4.79 Å². The van der Waals surface area contributed by atoms with E-state index in [1.807, 2.05) is 30.3 Å². The number of amides is 1. The first-order chi connectivity index (χ1) is 10.7. The van der Waals surface area contributed by atoms with Crippen LogP contribution in [0.15, 0.2) is 48.5 Å². The van der Waals surface area contributed by atoms with Crippen molar-refractivity contribution in [2.75, 3.05) is 19.0 Å². The molecule has 1 amide bonds. The first kappa shape index (κ1) is 15.5. The molecule has 2 rings (SSSR count). The van der Waals surface area contributed by atoms with Gasteiger partial charge in [-0.3, -0.25) is 5.32 Å². The van der Waals surface area contributed by atoms with E-state index in [-0.39, 0.29) is 0 Å². The average Bonchev–Trinajstić information content (AvgIpc) is 2.54. The molecule has 0 saturated heterocycles. The Labute approximate surface area is 130 Å². The zero-order valence-corrected chi connectivity index (χ0v) is 12.6. The topological polar surface area (TPSA) is 47.6 Å². The minimum atomic E-state index is -0.515. The highest BCUT2D eigenvalue weighted by molar-refractivity contribution is 5.87. The lowest BCUT2D eigenvalue weighted by atomic mass is 10.1. The normalized spacial score (nSPS) is 9.36. The molecule has 0 fully saturated rings. The van der Waals surface area contributed by atoms with Crippen LogP contribution in [0, 0.1) is 11.8 Å². The van der Waals surface area contributed by atoms with Gasteiger partial charge in [0.2, 0.25) is 0 Å². The number of nitrogens with one attached hydrogen (secondary N) is 1. The van der Waals surface area contributed by atoms with Crippen molar-refractivity contribution in [1.82, 2.24) is 0 Å². The van der Waals surface area contributed by atoms with Gasteiger partial charge >= 0.3 is 6.09 Å². The molecule has 0 unspecified atom stereocenters. The molecule has 22 heavy (non-hydrogen) atoms. The van der Waals surface area contributed by atoms with Crippen molar-refractivity contribution in [3.63, 3.8) is 0 Å². The lowest BCUT2D eigenvalue weighted by Crippen LogP contribution is -2.14. The Bertz CT molecular complexity index is 699. The highest BCUT2D eigenvalue weighted by Crippen LogP contribution is 2.22. The maximum Gasteiger partial charge on any atom is 0.411 e. The summed E-state index contributed by atoms with van der Waals surface area (Å²) in [6.45, 7) is 2.06. The third-order valence-electron chi connectivity index (χ3n) is 2.85. The molecule has 0 bridgehead atoms. The summed E-state index contributed by atoms with van der Waals surface area (Å²) >= 11 is 0. The summed E-state index contributed by atoms with van der Waals surface area (Å²) in [5, 5.41) is 2.68. The molecule has 0 aliphatic carbocycles. The molecule has 2 aromatic carbocycles. The van der Waals surface area contributed by atoms with Crippen molar-refractivity contribution >= 4 is 11.8 Å². The van der Waals surface area contributed by atoms with Gasteiger partial charge in [-0.1, -0.05) is 30.0 Å². The molecule has 1 N–H and O–H groups in total.